The summed E-state index contributed by atoms with van der Waals surface area (Å²) in [5, 5.41) is 33.2. The van der Waals surface area contributed by atoms with Crippen molar-refractivity contribution in [2.24, 2.45) is 0 Å². The van der Waals surface area contributed by atoms with Gasteiger partial charge in [-0.3, -0.25) is 20.2 Å². The lowest BCUT2D eigenvalue weighted by atomic mass is 10.1. The molecule has 14 heteroatoms. The number of anilines is 1. The Morgan fingerprint density at radius 3 is 2.13 bits per heavy atom. The van der Waals surface area contributed by atoms with Crippen LogP contribution in [0.4, 0.5) is 17.2 Å². The van der Waals surface area contributed by atoms with Gasteiger partial charge < -0.3 is 9.88 Å². The summed E-state index contributed by atoms with van der Waals surface area (Å²) in [7, 11) is -4.22. The first-order valence-electron chi connectivity index (χ1n) is 8.83. The summed E-state index contributed by atoms with van der Waals surface area (Å²) in [5.41, 5.74) is -1.52. The van der Waals surface area contributed by atoms with E-state index in [-0.39, 0.29) is 18.7 Å². The molecule has 0 saturated heterocycles. The van der Waals surface area contributed by atoms with Crippen molar-refractivity contribution < 1.29 is 18.3 Å². The zero-order chi connectivity index (χ0) is 22.6. The third-order valence-electron chi connectivity index (χ3n) is 4.27. The molecule has 2 heterocycles. The van der Waals surface area contributed by atoms with Gasteiger partial charge in [-0.05, 0) is 31.2 Å². The normalized spacial score (nSPS) is 11.3. The molecule has 0 aliphatic heterocycles. The zero-order valence-electron chi connectivity index (χ0n) is 16.1. The fourth-order valence-electron chi connectivity index (χ4n) is 2.70. The summed E-state index contributed by atoms with van der Waals surface area (Å²) < 4.78 is 28.9. The molecular weight excluding hydrogens is 430 g/mol. The summed E-state index contributed by atoms with van der Waals surface area (Å²) in [4.78, 5) is 20.0. The van der Waals surface area contributed by atoms with Crippen molar-refractivity contribution in [2.45, 2.75) is 11.8 Å². The van der Waals surface area contributed by atoms with E-state index < -0.39 is 36.1 Å². The molecule has 0 fully saturated rings. The minimum absolute atomic E-state index is 0.0984. The van der Waals surface area contributed by atoms with Crippen LogP contribution in [-0.4, -0.2) is 46.1 Å². The predicted octanol–water partition coefficient (Wildman–Crippen LogP) is 1.78. The summed E-state index contributed by atoms with van der Waals surface area (Å²) in [6.07, 6.45) is 3.62. The summed E-state index contributed by atoms with van der Waals surface area (Å²) in [6, 6.07) is 8.68. The third kappa shape index (κ3) is 4.99. The highest BCUT2D eigenvalue weighted by atomic mass is 32.2. The van der Waals surface area contributed by atoms with Crippen molar-refractivity contribution in [3.8, 4) is 5.82 Å². The van der Waals surface area contributed by atoms with E-state index in [1.54, 1.807) is 16.7 Å². The molecule has 31 heavy (non-hydrogen) atoms. The van der Waals surface area contributed by atoms with Crippen molar-refractivity contribution in [1.29, 1.82) is 0 Å². The van der Waals surface area contributed by atoms with E-state index in [0.29, 0.717) is 11.6 Å². The van der Waals surface area contributed by atoms with Crippen LogP contribution in [0.15, 0.2) is 53.7 Å². The minimum Gasteiger partial charge on any atom is -0.367 e. The lowest BCUT2D eigenvalue weighted by Gasteiger charge is -2.09. The van der Waals surface area contributed by atoms with Crippen molar-refractivity contribution in [1.82, 2.24) is 19.5 Å². The monoisotopic (exact) mass is 447 g/mol. The number of nitrogens with one attached hydrogen (secondary N) is 2. The number of nitro benzene ring substituents is 2. The molecule has 0 amide bonds. The Hall–Kier alpha value is -3.91. The summed E-state index contributed by atoms with van der Waals surface area (Å²) in [6.45, 7) is 1.22. The lowest BCUT2D eigenvalue weighted by Crippen LogP contribution is -2.29. The van der Waals surface area contributed by atoms with Gasteiger partial charge in [0, 0.05) is 37.6 Å². The second-order valence-corrected chi connectivity index (χ2v) is 8.06. The van der Waals surface area contributed by atoms with Crippen LogP contribution in [-0.2, 0) is 10.0 Å². The number of rotatable bonds is 9. The molecule has 0 aliphatic rings. The third-order valence-corrected chi connectivity index (χ3v) is 5.71. The van der Waals surface area contributed by atoms with Crippen LogP contribution in [0, 0.1) is 27.2 Å². The van der Waals surface area contributed by atoms with Gasteiger partial charge in [0.1, 0.15) is 11.4 Å². The van der Waals surface area contributed by atoms with Crippen molar-refractivity contribution in [3.63, 3.8) is 0 Å². The molecule has 3 aromatic rings. The summed E-state index contributed by atoms with van der Waals surface area (Å²) >= 11 is 0. The topological polar surface area (TPSA) is 175 Å². The molecule has 2 aromatic heterocycles. The van der Waals surface area contributed by atoms with Crippen molar-refractivity contribution in [3.05, 3.63) is 74.6 Å². The SMILES string of the molecule is Cc1c([N+](=O)[O-])cc(S(=O)(=O)NCCNc2ccc(-n3cccc3)nn2)cc1[N+](=O)[O-]. The van der Waals surface area contributed by atoms with Gasteiger partial charge in [-0.25, -0.2) is 13.1 Å². The molecule has 0 unspecified atom stereocenters. The average Bonchev–Trinajstić information content (AvgIpc) is 3.26. The van der Waals surface area contributed by atoms with Gasteiger partial charge in [0.25, 0.3) is 11.4 Å². The number of aromatic nitrogens is 3. The van der Waals surface area contributed by atoms with Crippen LogP contribution in [0.2, 0.25) is 0 Å². The molecule has 0 bridgehead atoms. The zero-order valence-corrected chi connectivity index (χ0v) is 16.9. The molecule has 162 valence electrons. The van der Waals surface area contributed by atoms with Gasteiger partial charge >= 0.3 is 0 Å². The largest absolute Gasteiger partial charge is 0.367 e. The molecule has 0 spiro atoms. The van der Waals surface area contributed by atoms with E-state index in [1.807, 2.05) is 24.5 Å². The molecule has 3 rings (SSSR count). The van der Waals surface area contributed by atoms with Gasteiger partial charge in [-0.2, -0.15) is 0 Å². The van der Waals surface area contributed by atoms with E-state index in [2.05, 4.69) is 20.2 Å². The molecule has 1 aromatic carbocycles. The Kier molecular flexibility index (Phi) is 6.22. The fraction of sp³-hybridized carbons (Fsp3) is 0.176. The van der Waals surface area contributed by atoms with E-state index in [4.69, 9.17) is 0 Å². The number of hydrogen-bond donors (Lipinski definition) is 2. The molecule has 13 nitrogen and oxygen atoms in total. The van der Waals surface area contributed by atoms with Gasteiger partial charge in [-0.1, -0.05) is 0 Å². The minimum atomic E-state index is -4.22. The van der Waals surface area contributed by atoms with E-state index in [1.165, 1.54) is 6.92 Å². The first kappa shape index (κ1) is 21.8. The van der Waals surface area contributed by atoms with E-state index in [0.717, 1.165) is 12.1 Å². The number of hydrogen-bond acceptors (Lipinski definition) is 9. The van der Waals surface area contributed by atoms with Crippen LogP contribution in [0.3, 0.4) is 0 Å². The molecule has 0 radical (unpaired) electrons. The Morgan fingerprint density at radius 1 is 1.00 bits per heavy atom. The second-order valence-electron chi connectivity index (χ2n) is 6.29. The Bertz CT molecular complexity index is 1180. The smallest absolute Gasteiger partial charge is 0.280 e. The molecule has 0 atom stereocenters. The summed E-state index contributed by atoms with van der Waals surface area (Å²) in [5.74, 6) is 1.02. The Balaban J connectivity index is 1.65. The van der Waals surface area contributed by atoms with Crippen LogP contribution in [0.25, 0.3) is 5.82 Å². The molecule has 0 saturated carbocycles. The second kappa shape index (κ2) is 8.85. The number of sulfonamides is 1. The number of nitro groups is 2. The van der Waals surface area contributed by atoms with Gasteiger partial charge in [0.2, 0.25) is 10.0 Å². The Labute approximate surface area is 176 Å². The van der Waals surface area contributed by atoms with Gasteiger partial charge in [0.05, 0.1) is 14.7 Å². The van der Waals surface area contributed by atoms with Gasteiger partial charge in [0.15, 0.2) is 5.82 Å². The van der Waals surface area contributed by atoms with E-state index in [9.17, 15) is 28.6 Å². The molecule has 2 N–H and O–H groups in total. The highest BCUT2D eigenvalue weighted by Crippen LogP contribution is 2.31. The Morgan fingerprint density at radius 2 is 1.61 bits per heavy atom. The number of benzene rings is 1. The average molecular weight is 447 g/mol. The van der Waals surface area contributed by atoms with Crippen LogP contribution in [0.1, 0.15) is 5.56 Å². The number of nitrogens with zero attached hydrogens (tertiary/aromatic N) is 5. The quantitative estimate of drug-likeness (QED) is 0.281. The maximum Gasteiger partial charge on any atom is 0.280 e. The lowest BCUT2D eigenvalue weighted by molar-refractivity contribution is -0.395. The van der Waals surface area contributed by atoms with E-state index >= 15 is 0 Å². The first-order valence-corrected chi connectivity index (χ1v) is 10.3. The highest BCUT2D eigenvalue weighted by molar-refractivity contribution is 7.89. The van der Waals surface area contributed by atoms with Crippen LogP contribution < -0.4 is 10.0 Å². The predicted molar refractivity (Wildman–Crippen MR) is 110 cm³/mol. The van der Waals surface area contributed by atoms with Crippen LogP contribution >= 0.6 is 0 Å². The fourth-order valence-corrected chi connectivity index (χ4v) is 3.77. The van der Waals surface area contributed by atoms with Gasteiger partial charge in [-0.15, -0.1) is 10.2 Å². The first-order chi connectivity index (χ1) is 14.7. The molecule has 0 aliphatic carbocycles. The van der Waals surface area contributed by atoms with Crippen molar-refractivity contribution in [2.75, 3.05) is 18.4 Å². The maximum absolute atomic E-state index is 12.5. The maximum atomic E-state index is 12.5. The highest BCUT2D eigenvalue weighted by Gasteiger charge is 2.27. The van der Waals surface area contributed by atoms with Crippen molar-refractivity contribution >= 4 is 27.2 Å². The molecular formula is C17H17N7O6S. The standard InChI is InChI=1S/C17H17N7O6S/c1-12-14(23(25)26)10-13(11-15(12)24(27)28)31(29,30)19-7-6-18-16-4-5-17(21-20-16)22-8-2-3-9-22/h2-5,8-11,19H,6-7H2,1H3,(H,18,20). The van der Waals surface area contributed by atoms with Crippen LogP contribution in [0.5, 0.6) is 0 Å².